The van der Waals surface area contributed by atoms with Gasteiger partial charge >= 0.3 is 0 Å². The Bertz CT molecular complexity index is 235. The molecule has 11 heavy (non-hydrogen) atoms. The van der Waals surface area contributed by atoms with E-state index in [0.717, 1.165) is 11.3 Å². The number of aromatic nitrogens is 1. The minimum atomic E-state index is -0.441. The lowest BCUT2D eigenvalue weighted by molar-refractivity contribution is 0.199. The van der Waals surface area contributed by atoms with Gasteiger partial charge in [0.25, 0.3) is 0 Å². The van der Waals surface area contributed by atoms with E-state index in [1.165, 1.54) is 0 Å². The van der Waals surface area contributed by atoms with Crippen LogP contribution >= 0.6 is 0 Å². The Morgan fingerprint density at radius 3 is 3.00 bits per heavy atom. The zero-order chi connectivity index (χ0) is 8.27. The summed E-state index contributed by atoms with van der Waals surface area (Å²) in [6.07, 6.45) is 1.22. The smallest absolute Gasteiger partial charge is 0.0763 e. The van der Waals surface area contributed by atoms with Crippen molar-refractivity contribution in [2.75, 3.05) is 0 Å². The largest absolute Gasteiger partial charge is 0.389 e. The molecule has 1 unspecified atom stereocenters. The van der Waals surface area contributed by atoms with E-state index in [4.69, 9.17) is 5.73 Å². The number of aliphatic hydroxyl groups excluding tert-OH is 1. The number of rotatable bonds is 2. The van der Waals surface area contributed by atoms with Gasteiger partial charge in [-0.3, -0.25) is 4.98 Å². The molecule has 60 valence electrons. The van der Waals surface area contributed by atoms with Crippen molar-refractivity contribution >= 4 is 0 Å². The zero-order valence-electron chi connectivity index (χ0n) is 6.49. The fourth-order valence-corrected chi connectivity index (χ4v) is 0.868. The first-order valence-electron chi connectivity index (χ1n) is 3.57. The molecule has 3 N–H and O–H groups in total. The van der Waals surface area contributed by atoms with Gasteiger partial charge in [0.1, 0.15) is 0 Å². The number of nitrogens with two attached hydrogens (primary N) is 1. The maximum atomic E-state index is 9.18. The first kappa shape index (κ1) is 8.17. The Hall–Kier alpha value is -0.930. The predicted octanol–water partition coefficient (Wildman–Crippen LogP) is 0.594. The molecule has 0 aliphatic carbocycles. The van der Waals surface area contributed by atoms with Crippen LogP contribution in [0.5, 0.6) is 0 Å². The van der Waals surface area contributed by atoms with Crippen LogP contribution in [0.4, 0.5) is 0 Å². The summed E-state index contributed by atoms with van der Waals surface area (Å²) >= 11 is 0. The van der Waals surface area contributed by atoms with E-state index in [2.05, 4.69) is 4.98 Å². The summed E-state index contributed by atoms with van der Waals surface area (Å²) in [6.45, 7) is 2.14. The van der Waals surface area contributed by atoms with Gasteiger partial charge in [-0.2, -0.15) is 0 Å². The number of hydrogen-bond acceptors (Lipinski definition) is 3. The highest BCUT2D eigenvalue weighted by Crippen LogP contribution is 2.10. The fraction of sp³-hybridized carbons (Fsp3) is 0.375. The van der Waals surface area contributed by atoms with Crippen molar-refractivity contribution in [2.45, 2.75) is 19.6 Å². The minimum Gasteiger partial charge on any atom is -0.389 e. The number of aliphatic hydroxyl groups is 1. The topological polar surface area (TPSA) is 59.1 Å². The monoisotopic (exact) mass is 152 g/mol. The van der Waals surface area contributed by atoms with Crippen LogP contribution in [0.25, 0.3) is 0 Å². The lowest BCUT2D eigenvalue weighted by Crippen LogP contribution is -2.01. The van der Waals surface area contributed by atoms with Crippen molar-refractivity contribution in [1.82, 2.24) is 4.98 Å². The predicted molar refractivity (Wildman–Crippen MR) is 42.8 cm³/mol. The van der Waals surface area contributed by atoms with Crippen molar-refractivity contribution in [3.05, 3.63) is 29.6 Å². The summed E-state index contributed by atoms with van der Waals surface area (Å²) in [7, 11) is 0. The van der Waals surface area contributed by atoms with Crippen LogP contribution in [0.3, 0.4) is 0 Å². The quantitative estimate of drug-likeness (QED) is 0.652. The average Bonchev–Trinajstić information content (AvgIpc) is 2.05. The molecule has 0 spiro atoms. The van der Waals surface area contributed by atoms with E-state index in [-0.39, 0.29) is 0 Å². The van der Waals surface area contributed by atoms with E-state index < -0.39 is 6.10 Å². The van der Waals surface area contributed by atoms with Crippen molar-refractivity contribution in [3.63, 3.8) is 0 Å². The van der Waals surface area contributed by atoms with E-state index >= 15 is 0 Å². The van der Waals surface area contributed by atoms with Gasteiger partial charge in [0.2, 0.25) is 0 Å². The van der Waals surface area contributed by atoms with Gasteiger partial charge in [-0.15, -0.1) is 0 Å². The van der Waals surface area contributed by atoms with E-state index in [9.17, 15) is 5.11 Å². The number of hydrogen-bond donors (Lipinski definition) is 2. The summed E-state index contributed by atoms with van der Waals surface area (Å²) < 4.78 is 0. The van der Waals surface area contributed by atoms with Crippen molar-refractivity contribution in [1.29, 1.82) is 0 Å². The molecule has 3 nitrogen and oxygen atoms in total. The van der Waals surface area contributed by atoms with Crippen molar-refractivity contribution in [3.8, 4) is 0 Å². The Morgan fingerprint density at radius 1 is 1.73 bits per heavy atom. The average molecular weight is 152 g/mol. The standard InChI is InChI=1S/C8H12N2O/c1-6(11)7-2-3-10-8(4-7)5-9/h2-4,6,11H,5,9H2,1H3. The molecule has 1 rings (SSSR count). The molecule has 0 bridgehead atoms. The van der Waals surface area contributed by atoms with Crippen LogP contribution in [-0.2, 0) is 6.54 Å². The third kappa shape index (κ3) is 2.00. The maximum Gasteiger partial charge on any atom is 0.0763 e. The van der Waals surface area contributed by atoms with Crippen LogP contribution in [0.1, 0.15) is 24.3 Å². The molecule has 1 aromatic heterocycles. The Balaban J connectivity index is 2.91. The molecule has 0 fully saturated rings. The molecule has 1 heterocycles. The second kappa shape index (κ2) is 3.46. The fourth-order valence-electron chi connectivity index (χ4n) is 0.868. The van der Waals surface area contributed by atoms with E-state index in [1.54, 1.807) is 19.2 Å². The second-order valence-electron chi connectivity index (χ2n) is 2.46. The van der Waals surface area contributed by atoms with Gasteiger partial charge in [0, 0.05) is 12.7 Å². The summed E-state index contributed by atoms with van der Waals surface area (Å²) in [5, 5.41) is 9.18. The van der Waals surface area contributed by atoms with E-state index in [1.807, 2.05) is 6.07 Å². The third-order valence-electron chi connectivity index (χ3n) is 1.53. The lowest BCUT2D eigenvalue weighted by atomic mass is 10.1. The van der Waals surface area contributed by atoms with Crippen LogP contribution in [0.2, 0.25) is 0 Å². The summed E-state index contributed by atoms with van der Waals surface area (Å²) in [5.41, 5.74) is 7.04. The highest BCUT2D eigenvalue weighted by molar-refractivity contribution is 5.17. The van der Waals surface area contributed by atoms with Crippen LogP contribution in [0, 0.1) is 0 Å². The highest BCUT2D eigenvalue weighted by Gasteiger charge is 2.00. The Kier molecular flexibility index (Phi) is 2.57. The van der Waals surface area contributed by atoms with Crippen LogP contribution in [-0.4, -0.2) is 10.1 Å². The van der Waals surface area contributed by atoms with E-state index in [0.29, 0.717) is 6.54 Å². The molecule has 0 aromatic carbocycles. The van der Waals surface area contributed by atoms with Crippen LogP contribution in [0.15, 0.2) is 18.3 Å². The van der Waals surface area contributed by atoms with Crippen molar-refractivity contribution < 1.29 is 5.11 Å². The molecule has 1 aromatic rings. The summed E-state index contributed by atoms with van der Waals surface area (Å²) in [6, 6.07) is 3.59. The van der Waals surface area contributed by atoms with Gasteiger partial charge in [-0.25, -0.2) is 0 Å². The first-order chi connectivity index (χ1) is 5.24. The molecular formula is C8H12N2O. The van der Waals surface area contributed by atoms with Gasteiger partial charge in [0.15, 0.2) is 0 Å². The van der Waals surface area contributed by atoms with Crippen molar-refractivity contribution in [2.24, 2.45) is 5.73 Å². The Labute approximate surface area is 65.9 Å². The molecule has 0 saturated heterocycles. The number of nitrogens with zero attached hydrogens (tertiary/aromatic N) is 1. The molecule has 0 radical (unpaired) electrons. The highest BCUT2D eigenvalue weighted by atomic mass is 16.3. The summed E-state index contributed by atoms with van der Waals surface area (Å²) in [4.78, 5) is 4.00. The minimum absolute atomic E-state index is 0.417. The summed E-state index contributed by atoms with van der Waals surface area (Å²) in [5.74, 6) is 0. The Morgan fingerprint density at radius 2 is 2.45 bits per heavy atom. The molecule has 0 aliphatic heterocycles. The maximum absolute atomic E-state index is 9.18. The van der Waals surface area contributed by atoms with Gasteiger partial charge in [-0.05, 0) is 24.6 Å². The van der Waals surface area contributed by atoms with Gasteiger partial charge < -0.3 is 10.8 Å². The zero-order valence-corrected chi connectivity index (χ0v) is 6.49. The first-order valence-corrected chi connectivity index (χ1v) is 3.57. The third-order valence-corrected chi connectivity index (χ3v) is 1.53. The molecule has 0 saturated carbocycles. The SMILES string of the molecule is CC(O)c1ccnc(CN)c1. The molecular weight excluding hydrogens is 140 g/mol. The van der Waals surface area contributed by atoms with Crippen LogP contribution < -0.4 is 5.73 Å². The van der Waals surface area contributed by atoms with Gasteiger partial charge in [0.05, 0.1) is 11.8 Å². The second-order valence-corrected chi connectivity index (χ2v) is 2.46. The molecule has 0 aliphatic rings. The molecule has 0 amide bonds. The number of pyridine rings is 1. The molecule has 3 heteroatoms. The lowest BCUT2D eigenvalue weighted by Gasteiger charge is -2.04. The van der Waals surface area contributed by atoms with Gasteiger partial charge in [-0.1, -0.05) is 0 Å². The molecule has 1 atom stereocenters. The normalized spacial score (nSPS) is 13.0.